The lowest BCUT2D eigenvalue weighted by Gasteiger charge is -2.24. The van der Waals surface area contributed by atoms with E-state index in [-0.39, 0.29) is 23.7 Å². The third-order valence-electron chi connectivity index (χ3n) is 3.05. The largest absolute Gasteiger partial charge is 0.396 e. The van der Waals surface area contributed by atoms with Gasteiger partial charge >= 0.3 is 0 Å². The summed E-state index contributed by atoms with van der Waals surface area (Å²) >= 11 is 0. The summed E-state index contributed by atoms with van der Waals surface area (Å²) in [5.74, 6) is -0.469. The lowest BCUT2D eigenvalue weighted by Crippen LogP contribution is -2.33. The third kappa shape index (κ3) is 6.48. The third-order valence-corrected chi connectivity index (χ3v) is 3.05. The van der Waals surface area contributed by atoms with Gasteiger partial charge in [0.15, 0.2) is 0 Å². The van der Waals surface area contributed by atoms with E-state index in [4.69, 9.17) is 5.11 Å². The van der Waals surface area contributed by atoms with Crippen molar-refractivity contribution >= 4 is 12.0 Å². The number of nitrogens with one attached hydrogen (secondary N) is 1. The molecule has 2 N–H and O–H groups in total. The second kappa shape index (κ2) is 7.80. The standard InChI is InChI=1S/C16H22FNO2/c1-16(2,10-3-11-19)12-18-15(20)9-6-13-4-7-14(17)8-5-13/h4-9,19H,3,10-12H2,1-2H3,(H,18,20)/b9-6+. The first-order chi connectivity index (χ1) is 9.43. The lowest BCUT2D eigenvalue weighted by molar-refractivity contribution is -0.116. The van der Waals surface area contributed by atoms with Gasteiger partial charge in [0.25, 0.3) is 0 Å². The van der Waals surface area contributed by atoms with Crippen LogP contribution in [0.5, 0.6) is 0 Å². The van der Waals surface area contributed by atoms with Gasteiger partial charge in [-0.3, -0.25) is 4.79 Å². The van der Waals surface area contributed by atoms with Crippen molar-refractivity contribution in [2.45, 2.75) is 26.7 Å². The zero-order chi connectivity index (χ0) is 15.0. The summed E-state index contributed by atoms with van der Waals surface area (Å²) in [6, 6.07) is 5.94. The van der Waals surface area contributed by atoms with Crippen LogP contribution in [0.15, 0.2) is 30.3 Å². The predicted molar refractivity (Wildman–Crippen MR) is 78.5 cm³/mol. The number of carbonyl (C=O) groups is 1. The van der Waals surface area contributed by atoms with Crippen LogP contribution in [0.3, 0.4) is 0 Å². The van der Waals surface area contributed by atoms with Crippen molar-refractivity contribution in [3.63, 3.8) is 0 Å². The Bertz CT molecular complexity index is 452. The molecule has 0 spiro atoms. The Hall–Kier alpha value is -1.68. The molecular weight excluding hydrogens is 257 g/mol. The number of halogens is 1. The van der Waals surface area contributed by atoms with Gasteiger partial charge in [-0.05, 0) is 42.0 Å². The molecule has 0 aromatic heterocycles. The maximum atomic E-state index is 12.7. The summed E-state index contributed by atoms with van der Waals surface area (Å²) in [5, 5.41) is 11.6. The maximum absolute atomic E-state index is 12.7. The van der Waals surface area contributed by atoms with Gasteiger partial charge < -0.3 is 10.4 Å². The second-order valence-electron chi connectivity index (χ2n) is 5.59. The van der Waals surface area contributed by atoms with E-state index in [9.17, 15) is 9.18 Å². The van der Waals surface area contributed by atoms with Gasteiger partial charge in [0.2, 0.25) is 5.91 Å². The Labute approximate surface area is 119 Å². The van der Waals surface area contributed by atoms with Crippen LogP contribution in [0.2, 0.25) is 0 Å². The summed E-state index contributed by atoms with van der Waals surface area (Å²) in [6.45, 7) is 4.82. The highest BCUT2D eigenvalue weighted by atomic mass is 19.1. The number of carbonyl (C=O) groups excluding carboxylic acids is 1. The lowest BCUT2D eigenvalue weighted by atomic mass is 9.88. The second-order valence-corrected chi connectivity index (χ2v) is 5.59. The Morgan fingerprint density at radius 3 is 2.60 bits per heavy atom. The molecule has 0 saturated heterocycles. The van der Waals surface area contributed by atoms with Crippen LogP contribution in [-0.2, 0) is 4.79 Å². The molecule has 3 nitrogen and oxygen atoms in total. The molecule has 110 valence electrons. The first-order valence-corrected chi connectivity index (χ1v) is 6.75. The minimum absolute atomic E-state index is 0.0396. The molecule has 4 heteroatoms. The van der Waals surface area contributed by atoms with E-state index in [1.807, 2.05) is 13.8 Å². The molecule has 1 aromatic rings. The molecule has 0 unspecified atom stereocenters. The highest BCUT2D eigenvalue weighted by Gasteiger charge is 2.17. The van der Waals surface area contributed by atoms with Crippen LogP contribution < -0.4 is 5.32 Å². The van der Waals surface area contributed by atoms with Crippen molar-refractivity contribution < 1.29 is 14.3 Å². The Balaban J connectivity index is 2.41. The van der Waals surface area contributed by atoms with Gasteiger partial charge in [-0.15, -0.1) is 0 Å². The molecular formula is C16H22FNO2. The monoisotopic (exact) mass is 279 g/mol. The molecule has 0 bridgehead atoms. The van der Waals surface area contributed by atoms with Crippen LogP contribution in [0.1, 0.15) is 32.3 Å². The molecule has 1 aromatic carbocycles. The first kappa shape index (κ1) is 16.4. The number of hydrogen-bond acceptors (Lipinski definition) is 2. The molecule has 0 aliphatic carbocycles. The Kier molecular flexibility index (Phi) is 6.39. The van der Waals surface area contributed by atoms with E-state index >= 15 is 0 Å². The number of hydrogen-bond donors (Lipinski definition) is 2. The van der Waals surface area contributed by atoms with Crippen LogP contribution in [0.25, 0.3) is 6.08 Å². The van der Waals surface area contributed by atoms with Crippen molar-refractivity contribution in [2.75, 3.05) is 13.2 Å². The molecule has 0 radical (unpaired) electrons. The summed E-state index contributed by atoms with van der Waals surface area (Å²) < 4.78 is 12.7. The number of aliphatic hydroxyl groups is 1. The van der Waals surface area contributed by atoms with Crippen molar-refractivity contribution in [1.82, 2.24) is 5.32 Å². The van der Waals surface area contributed by atoms with E-state index in [0.717, 1.165) is 18.4 Å². The molecule has 1 amide bonds. The topological polar surface area (TPSA) is 49.3 Å². The van der Waals surface area contributed by atoms with Crippen molar-refractivity contribution in [1.29, 1.82) is 0 Å². The van der Waals surface area contributed by atoms with Crippen LogP contribution >= 0.6 is 0 Å². The average Bonchev–Trinajstić information content (AvgIpc) is 2.42. The van der Waals surface area contributed by atoms with Gasteiger partial charge in [0.1, 0.15) is 5.82 Å². The maximum Gasteiger partial charge on any atom is 0.244 e. The van der Waals surface area contributed by atoms with Crippen LogP contribution in [-0.4, -0.2) is 24.2 Å². The first-order valence-electron chi connectivity index (χ1n) is 6.75. The van der Waals surface area contributed by atoms with Crippen LogP contribution in [0.4, 0.5) is 4.39 Å². The van der Waals surface area contributed by atoms with Gasteiger partial charge in [0.05, 0.1) is 0 Å². The van der Waals surface area contributed by atoms with Crippen LogP contribution in [0, 0.1) is 11.2 Å². The molecule has 0 fully saturated rings. The SMILES string of the molecule is CC(C)(CCCO)CNC(=O)/C=C/c1ccc(F)cc1. The molecule has 1 rings (SSSR count). The average molecular weight is 279 g/mol. The minimum atomic E-state index is -0.294. The van der Waals surface area contributed by atoms with Crippen molar-refractivity contribution in [3.05, 3.63) is 41.7 Å². The van der Waals surface area contributed by atoms with Gasteiger partial charge in [0, 0.05) is 19.2 Å². The fourth-order valence-electron chi connectivity index (χ4n) is 1.78. The van der Waals surface area contributed by atoms with Gasteiger partial charge in [-0.1, -0.05) is 26.0 Å². The number of rotatable bonds is 7. The number of aliphatic hydroxyl groups excluding tert-OH is 1. The zero-order valence-corrected chi connectivity index (χ0v) is 12.0. The normalized spacial score (nSPS) is 11.8. The fourth-order valence-corrected chi connectivity index (χ4v) is 1.78. The zero-order valence-electron chi connectivity index (χ0n) is 12.0. The summed E-state index contributed by atoms with van der Waals surface area (Å²) in [5.41, 5.74) is 0.739. The molecule has 0 aliphatic rings. The molecule has 0 heterocycles. The molecule has 20 heavy (non-hydrogen) atoms. The summed E-state index contributed by atoms with van der Waals surface area (Å²) in [4.78, 5) is 11.7. The highest BCUT2D eigenvalue weighted by Crippen LogP contribution is 2.20. The summed E-state index contributed by atoms with van der Waals surface area (Å²) in [7, 11) is 0. The fraction of sp³-hybridized carbons (Fsp3) is 0.438. The smallest absolute Gasteiger partial charge is 0.244 e. The quantitative estimate of drug-likeness (QED) is 0.754. The number of benzene rings is 1. The molecule has 0 atom stereocenters. The Morgan fingerprint density at radius 2 is 2.00 bits per heavy atom. The number of amides is 1. The molecule has 0 aliphatic heterocycles. The highest BCUT2D eigenvalue weighted by molar-refractivity contribution is 5.91. The van der Waals surface area contributed by atoms with Crippen molar-refractivity contribution in [3.8, 4) is 0 Å². The summed E-state index contributed by atoms with van der Waals surface area (Å²) in [6.07, 6.45) is 4.67. The predicted octanol–water partition coefficient (Wildman–Crippen LogP) is 2.75. The van der Waals surface area contributed by atoms with E-state index in [1.54, 1.807) is 18.2 Å². The van der Waals surface area contributed by atoms with E-state index in [2.05, 4.69) is 5.32 Å². The van der Waals surface area contributed by atoms with Gasteiger partial charge in [-0.2, -0.15) is 0 Å². The Morgan fingerprint density at radius 1 is 1.35 bits per heavy atom. The van der Waals surface area contributed by atoms with Gasteiger partial charge in [-0.25, -0.2) is 4.39 Å². The van der Waals surface area contributed by atoms with E-state index in [1.165, 1.54) is 18.2 Å². The van der Waals surface area contributed by atoms with Crippen molar-refractivity contribution in [2.24, 2.45) is 5.41 Å². The minimum Gasteiger partial charge on any atom is -0.396 e. The molecule has 0 saturated carbocycles. The van der Waals surface area contributed by atoms with E-state index < -0.39 is 0 Å². The van der Waals surface area contributed by atoms with E-state index in [0.29, 0.717) is 6.54 Å².